The smallest absolute Gasteiger partial charge is 0.227 e. The fourth-order valence-corrected chi connectivity index (χ4v) is 4.64. The van der Waals surface area contributed by atoms with Gasteiger partial charge < -0.3 is 25.8 Å². The van der Waals surface area contributed by atoms with E-state index in [-0.39, 0.29) is 11.8 Å². The van der Waals surface area contributed by atoms with Crippen LogP contribution in [0.15, 0.2) is 66.9 Å². The number of carbonyl (C=O) groups is 2. The number of hydrogen-bond donors (Lipinski definition) is 3. The lowest BCUT2D eigenvalue weighted by Gasteiger charge is -2.35. The number of aromatic nitrogens is 2. The van der Waals surface area contributed by atoms with Crippen LogP contribution in [0.3, 0.4) is 0 Å². The number of hydrogen-bond acceptors (Lipinski definition) is 7. The molecular weight excluding hydrogens is 478 g/mol. The summed E-state index contributed by atoms with van der Waals surface area (Å²) < 4.78 is 0. The molecule has 2 amide bonds. The number of nitrogens with one attached hydrogen (secondary N) is 3. The lowest BCUT2D eigenvalue weighted by Crippen LogP contribution is -2.44. The first-order valence-corrected chi connectivity index (χ1v) is 12.6. The van der Waals surface area contributed by atoms with Gasteiger partial charge in [0.1, 0.15) is 0 Å². The molecule has 1 fully saturated rings. The van der Waals surface area contributed by atoms with Crippen molar-refractivity contribution in [1.29, 1.82) is 0 Å². The average Bonchev–Trinajstić information content (AvgIpc) is 2.89. The van der Waals surface area contributed by atoms with Crippen LogP contribution in [-0.2, 0) is 9.59 Å². The minimum absolute atomic E-state index is 0.107. The molecule has 0 saturated carbocycles. The van der Waals surface area contributed by atoms with Crippen molar-refractivity contribution >= 4 is 51.4 Å². The maximum atomic E-state index is 12.0. The number of benzene rings is 3. The Hall–Kier alpha value is -4.50. The molecule has 0 radical (unpaired) electrons. The van der Waals surface area contributed by atoms with Crippen LogP contribution in [0.25, 0.3) is 22.0 Å². The van der Waals surface area contributed by atoms with Crippen molar-refractivity contribution < 1.29 is 9.59 Å². The summed E-state index contributed by atoms with van der Waals surface area (Å²) in [6.07, 6.45) is 1.80. The Morgan fingerprint density at radius 3 is 2.26 bits per heavy atom. The molecule has 9 nitrogen and oxygen atoms in total. The average molecular weight is 510 g/mol. The molecule has 9 heteroatoms. The highest BCUT2D eigenvalue weighted by Crippen LogP contribution is 2.32. The lowest BCUT2D eigenvalue weighted by molar-refractivity contribution is -0.115. The van der Waals surface area contributed by atoms with Crippen molar-refractivity contribution in [1.82, 2.24) is 14.9 Å². The van der Waals surface area contributed by atoms with Gasteiger partial charge in [-0.25, -0.2) is 9.97 Å². The number of amides is 2. The Bertz CT molecular complexity index is 1480. The number of nitrogens with zero attached hydrogens (tertiary/aromatic N) is 4. The summed E-state index contributed by atoms with van der Waals surface area (Å²) in [5.41, 5.74) is 6.05. The maximum absolute atomic E-state index is 12.0. The minimum atomic E-state index is -0.117. The molecule has 0 atom stereocenters. The van der Waals surface area contributed by atoms with E-state index in [1.165, 1.54) is 13.8 Å². The van der Waals surface area contributed by atoms with Crippen LogP contribution < -0.4 is 20.9 Å². The van der Waals surface area contributed by atoms with E-state index in [0.29, 0.717) is 5.95 Å². The summed E-state index contributed by atoms with van der Waals surface area (Å²) >= 11 is 0. The quantitative estimate of drug-likeness (QED) is 0.346. The van der Waals surface area contributed by atoms with Gasteiger partial charge in [0.15, 0.2) is 0 Å². The van der Waals surface area contributed by atoms with Gasteiger partial charge in [-0.05, 0) is 42.9 Å². The second-order valence-corrected chi connectivity index (χ2v) is 9.52. The van der Waals surface area contributed by atoms with Crippen LogP contribution in [0.4, 0.5) is 28.7 Å². The number of fused-ring (bicyclic) bond motifs is 1. The van der Waals surface area contributed by atoms with Gasteiger partial charge in [-0.3, -0.25) is 9.59 Å². The summed E-state index contributed by atoms with van der Waals surface area (Å²) in [4.78, 5) is 37.3. The molecule has 1 aliphatic heterocycles. The molecule has 1 saturated heterocycles. The van der Waals surface area contributed by atoms with E-state index in [2.05, 4.69) is 37.8 Å². The zero-order valence-electron chi connectivity index (χ0n) is 21.8. The SMILES string of the molecule is CC(=O)Nc1ccc(-c2cccc3cnc(Nc4ccc(N5CCN(C)CC5)c(NC(C)=O)c4)nc23)cc1. The molecule has 0 unspecified atom stereocenters. The van der Waals surface area contributed by atoms with Gasteiger partial charge in [0.05, 0.1) is 16.9 Å². The Kier molecular flexibility index (Phi) is 7.19. The number of piperazine rings is 1. The molecule has 38 heavy (non-hydrogen) atoms. The first-order chi connectivity index (χ1) is 18.4. The first kappa shape index (κ1) is 25.2. The molecule has 2 heterocycles. The maximum Gasteiger partial charge on any atom is 0.227 e. The lowest BCUT2D eigenvalue weighted by atomic mass is 10.0. The first-order valence-electron chi connectivity index (χ1n) is 12.6. The summed E-state index contributed by atoms with van der Waals surface area (Å²) in [6.45, 7) is 6.76. The number of para-hydroxylation sites is 1. The molecule has 0 bridgehead atoms. The van der Waals surface area contributed by atoms with Crippen molar-refractivity contribution in [3.8, 4) is 11.1 Å². The van der Waals surface area contributed by atoms with Crippen molar-refractivity contribution in [3.05, 3.63) is 66.9 Å². The molecular formula is C29H31N7O2. The van der Waals surface area contributed by atoms with Crippen molar-refractivity contribution in [2.45, 2.75) is 13.8 Å². The molecule has 3 aromatic carbocycles. The summed E-state index contributed by atoms with van der Waals surface area (Å²) in [7, 11) is 2.12. The van der Waals surface area contributed by atoms with Crippen LogP contribution in [0.5, 0.6) is 0 Å². The highest BCUT2D eigenvalue weighted by molar-refractivity contribution is 5.96. The Labute approximate surface area is 221 Å². The van der Waals surface area contributed by atoms with Gasteiger partial charge >= 0.3 is 0 Å². The predicted octanol–water partition coefficient (Wildman–Crippen LogP) is 4.71. The van der Waals surface area contributed by atoms with Gasteiger partial charge in [-0.1, -0.05) is 30.3 Å². The van der Waals surface area contributed by atoms with Crippen LogP contribution in [0.2, 0.25) is 0 Å². The highest BCUT2D eigenvalue weighted by atomic mass is 16.2. The van der Waals surface area contributed by atoms with Gasteiger partial charge in [-0.15, -0.1) is 0 Å². The largest absolute Gasteiger partial charge is 0.367 e. The van der Waals surface area contributed by atoms with Gasteiger partial charge in [-0.2, -0.15) is 0 Å². The topological polar surface area (TPSA) is 102 Å². The minimum Gasteiger partial charge on any atom is -0.367 e. The molecule has 5 rings (SSSR count). The van der Waals surface area contributed by atoms with E-state index in [1.54, 1.807) is 6.20 Å². The second-order valence-electron chi connectivity index (χ2n) is 9.52. The van der Waals surface area contributed by atoms with E-state index in [0.717, 1.165) is 71.0 Å². The van der Waals surface area contributed by atoms with E-state index >= 15 is 0 Å². The number of rotatable bonds is 6. The van der Waals surface area contributed by atoms with Crippen molar-refractivity contribution in [2.75, 3.05) is 54.1 Å². The fourth-order valence-electron chi connectivity index (χ4n) is 4.64. The van der Waals surface area contributed by atoms with Crippen LogP contribution >= 0.6 is 0 Å². The second kappa shape index (κ2) is 10.9. The molecule has 1 aliphatic rings. The number of anilines is 5. The standard InChI is InChI=1S/C29H31N7O2/c1-19(37)31-23-9-7-21(8-10-23)25-6-4-5-22-18-30-29(34-28(22)25)33-24-11-12-27(26(17-24)32-20(2)38)36-15-13-35(3)14-16-36/h4-12,17-18H,13-16H2,1-3H3,(H,31,37)(H,32,38)(H,30,33,34). The van der Waals surface area contributed by atoms with E-state index in [9.17, 15) is 9.59 Å². The van der Waals surface area contributed by atoms with Gasteiger partial charge in [0.25, 0.3) is 0 Å². The molecule has 0 spiro atoms. The Balaban J connectivity index is 1.44. The van der Waals surface area contributed by atoms with Gasteiger partial charge in [0, 0.05) is 68.5 Å². The molecule has 0 aliphatic carbocycles. The van der Waals surface area contributed by atoms with Crippen molar-refractivity contribution in [3.63, 3.8) is 0 Å². The molecule has 1 aromatic heterocycles. The van der Waals surface area contributed by atoms with Crippen LogP contribution in [0.1, 0.15) is 13.8 Å². The Morgan fingerprint density at radius 2 is 1.55 bits per heavy atom. The number of likely N-dealkylation sites (N-methyl/N-ethyl adjacent to an activating group) is 1. The third-order valence-electron chi connectivity index (χ3n) is 6.53. The Morgan fingerprint density at radius 1 is 0.842 bits per heavy atom. The summed E-state index contributed by atoms with van der Waals surface area (Å²) in [6, 6.07) is 19.6. The van der Waals surface area contributed by atoms with Crippen LogP contribution in [-0.4, -0.2) is 59.9 Å². The van der Waals surface area contributed by atoms with E-state index in [1.807, 2.05) is 60.7 Å². The molecule has 4 aromatic rings. The third kappa shape index (κ3) is 5.73. The summed E-state index contributed by atoms with van der Waals surface area (Å²) in [5.74, 6) is 0.235. The van der Waals surface area contributed by atoms with Crippen molar-refractivity contribution in [2.24, 2.45) is 0 Å². The monoisotopic (exact) mass is 509 g/mol. The number of carbonyl (C=O) groups excluding carboxylic acids is 2. The van der Waals surface area contributed by atoms with Gasteiger partial charge in [0.2, 0.25) is 17.8 Å². The fraction of sp³-hybridized carbons (Fsp3) is 0.241. The zero-order valence-corrected chi connectivity index (χ0v) is 21.8. The molecule has 3 N–H and O–H groups in total. The normalized spacial score (nSPS) is 13.8. The van der Waals surface area contributed by atoms with Crippen LogP contribution in [0, 0.1) is 0 Å². The summed E-state index contributed by atoms with van der Waals surface area (Å²) in [5, 5.41) is 10.0. The third-order valence-corrected chi connectivity index (χ3v) is 6.53. The zero-order chi connectivity index (χ0) is 26.6. The molecule has 194 valence electrons. The van der Waals surface area contributed by atoms with E-state index in [4.69, 9.17) is 4.98 Å². The predicted molar refractivity (Wildman–Crippen MR) is 153 cm³/mol. The highest BCUT2D eigenvalue weighted by Gasteiger charge is 2.18. The van der Waals surface area contributed by atoms with E-state index < -0.39 is 0 Å².